The van der Waals surface area contributed by atoms with Crippen molar-refractivity contribution in [1.29, 1.82) is 0 Å². The van der Waals surface area contributed by atoms with Crippen LogP contribution in [0.2, 0.25) is 0 Å². The number of rotatable bonds is 4. The van der Waals surface area contributed by atoms with Crippen molar-refractivity contribution < 1.29 is 26.5 Å². The molecule has 0 atom stereocenters. The number of nitrogens with zero attached hydrogens (tertiary/aromatic N) is 3. The van der Waals surface area contributed by atoms with E-state index in [-0.39, 0.29) is 22.0 Å². The molecule has 0 amide bonds. The van der Waals surface area contributed by atoms with E-state index < -0.39 is 26.6 Å². The summed E-state index contributed by atoms with van der Waals surface area (Å²) in [6, 6.07) is 11.0. The van der Waals surface area contributed by atoms with Gasteiger partial charge in [0, 0.05) is 24.0 Å². The molecule has 2 aromatic carbocycles. The molecule has 0 aliphatic carbocycles. The fraction of sp³-hybridized carbons (Fsp3) is 0.118. The molecule has 0 aliphatic heterocycles. The summed E-state index contributed by atoms with van der Waals surface area (Å²) in [5.41, 5.74) is -0.822. The monoisotopic (exact) mass is 411 g/mol. The Morgan fingerprint density at radius 3 is 2.07 bits per heavy atom. The van der Waals surface area contributed by atoms with Crippen LogP contribution in [0.1, 0.15) is 5.69 Å². The molecule has 0 unspecified atom stereocenters. The molecule has 11 heteroatoms. The van der Waals surface area contributed by atoms with Gasteiger partial charge in [0.15, 0.2) is 15.5 Å². The first-order chi connectivity index (χ1) is 13.0. The van der Waals surface area contributed by atoms with Gasteiger partial charge in [0.25, 0.3) is 5.69 Å². The van der Waals surface area contributed by atoms with E-state index >= 15 is 0 Å². The largest absolute Gasteiger partial charge is 0.435 e. The predicted octanol–water partition coefficient (Wildman–Crippen LogP) is 3.87. The number of nitro benzene ring substituents is 1. The summed E-state index contributed by atoms with van der Waals surface area (Å²) >= 11 is 0. The van der Waals surface area contributed by atoms with E-state index in [1.807, 2.05) is 0 Å². The van der Waals surface area contributed by atoms with Crippen molar-refractivity contribution in [1.82, 2.24) is 9.78 Å². The third kappa shape index (κ3) is 3.88. The van der Waals surface area contributed by atoms with Gasteiger partial charge in [-0.15, -0.1) is 0 Å². The second-order valence-electron chi connectivity index (χ2n) is 5.89. The predicted molar refractivity (Wildman–Crippen MR) is 93.8 cm³/mol. The summed E-state index contributed by atoms with van der Waals surface area (Å²) in [6.07, 6.45) is -3.68. The number of aromatic nitrogens is 2. The highest BCUT2D eigenvalue weighted by molar-refractivity contribution is 7.90. The average molecular weight is 411 g/mol. The number of benzene rings is 2. The Labute approximate surface area is 157 Å². The quantitative estimate of drug-likeness (QED) is 0.480. The Morgan fingerprint density at radius 2 is 1.61 bits per heavy atom. The zero-order valence-electron chi connectivity index (χ0n) is 14.2. The fourth-order valence-electron chi connectivity index (χ4n) is 2.51. The lowest BCUT2D eigenvalue weighted by Crippen LogP contribution is -2.07. The van der Waals surface area contributed by atoms with Gasteiger partial charge in [-0.05, 0) is 30.3 Å². The molecule has 28 heavy (non-hydrogen) atoms. The number of non-ortho nitro benzene ring substituents is 1. The maximum Gasteiger partial charge on any atom is 0.435 e. The van der Waals surface area contributed by atoms with E-state index in [0.29, 0.717) is 5.56 Å². The van der Waals surface area contributed by atoms with E-state index in [9.17, 15) is 31.7 Å². The number of hydrogen-bond donors (Lipinski definition) is 0. The first-order valence-electron chi connectivity index (χ1n) is 7.69. The maximum absolute atomic E-state index is 13.2. The SMILES string of the molecule is CS(=O)(=O)c1ccc(-c2cc(C(F)(F)F)nn2-c2ccc([N+](=O)[O-])cc2)cc1. The van der Waals surface area contributed by atoms with Gasteiger partial charge in [-0.2, -0.15) is 18.3 Å². The van der Waals surface area contributed by atoms with Gasteiger partial charge in [0.05, 0.1) is 21.2 Å². The van der Waals surface area contributed by atoms with Crippen LogP contribution in [0, 0.1) is 10.1 Å². The minimum atomic E-state index is -4.70. The molecule has 3 rings (SSSR count). The molecule has 0 radical (unpaired) electrons. The van der Waals surface area contributed by atoms with Gasteiger partial charge < -0.3 is 0 Å². The van der Waals surface area contributed by atoms with Crippen LogP contribution in [0.25, 0.3) is 16.9 Å². The Morgan fingerprint density at radius 1 is 1.04 bits per heavy atom. The third-order valence-corrected chi connectivity index (χ3v) is 5.01. The molecule has 1 heterocycles. The van der Waals surface area contributed by atoms with Crippen LogP contribution in [0.4, 0.5) is 18.9 Å². The molecule has 7 nitrogen and oxygen atoms in total. The Hall–Kier alpha value is -3.21. The molecule has 0 spiro atoms. The van der Waals surface area contributed by atoms with E-state index in [0.717, 1.165) is 29.1 Å². The van der Waals surface area contributed by atoms with Crippen molar-refractivity contribution >= 4 is 15.5 Å². The second kappa shape index (κ2) is 6.75. The molecule has 0 fully saturated rings. The summed E-state index contributed by atoms with van der Waals surface area (Å²) in [4.78, 5) is 10.2. The lowest BCUT2D eigenvalue weighted by atomic mass is 10.1. The van der Waals surface area contributed by atoms with Crippen LogP contribution in [0.5, 0.6) is 0 Å². The lowest BCUT2D eigenvalue weighted by Gasteiger charge is -2.08. The fourth-order valence-corrected chi connectivity index (χ4v) is 3.14. The van der Waals surface area contributed by atoms with Gasteiger partial charge in [0.1, 0.15) is 0 Å². The molecule has 3 aromatic rings. The summed E-state index contributed by atoms with van der Waals surface area (Å²) in [6.45, 7) is 0. The normalized spacial score (nSPS) is 12.1. The topological polar surface area (TPSA) is 95.1 Å². The first-order valence-corrected chi connectivity index (χ1v) is 9.58. The first kappa shape index (κ1) is 19.5. The van der Waals surface area contributed by atoms with Crippen molar-refractivity contribution in [3.8, 4) is 16.9 Å². The van der Waals surface area contributed by atoms with E-state index in [2.05, 4.69) is 5.10 Å². The smallest absolute Gasteiger partial charge is 0.258 e. The average Bonchev–Trinajstić information content (AvgIpc) is 3.07. The van der Waals surface area contributed by atoms with Gasteiger partial charge in [-0.3, -0.25) is 10.1 Å². The van der Waals surface area contributed by atoms with E-state index in [1.165, 1.54) is 36.4 Å². The molecular formula is C17H12F3N3O4S. The third-order valence-electron chi connectivity index (χ3n) is 3.88. The molecule has 0 saturated heterocycles. The number of halogens is 3. The Balaban J connectivity index is 2.14. The maximum atomic E-state index is 13.2. The van der Waals surface area contributed by atoms with Crippen LogP contribution in [0.15, 0.2) is 59.5 Å². The van der Waals surface area contributed by atoms with Gasteiger partial charge >= 0.3 is 6.18 Å². The van der Waals surface area contributed by atoms with E-state index in [1.54, 1.807) is 0 Å². The van der Waals surface area contributed by atoms with Gasteiger partial charge in [0.2, 0.25) is 0 Å². The summed E-state index contributed by atoms with van der Waals surface area (Å²) < 4.78 is 63.6. The van der Waals surface area contributed by atoms with Gasteiger partial charge in [-0.1, -0.05) is 12.1 Å². The van der Waals surface area contributed by atoms with Crippen LogP contribution in [-0.4, -0.2) is 29.4 Å². The summed E-state index contributed by atoms with van der Waals surface area (Å²) in [5, 5.41) is 14.3. The highest BCUT2D eigenvalue weighted by Gasteiger charge is 2.35. The molecular weight excluding hydrogens is 399 g/mol. The van der Waals surface area contributed by atoms with Crippen molar-refractivity contribution in [3.05, 3.63) is 70.4 Å². The molecule has 0 bridgehead atoms. The number of hydrogen-bond acceptors (Lipinski definition) is 5. The van der Waals surface area contributed by atoms with Crippen molar-refractivity contribution in [3.63, 3.8) is 0 Å². The number of sulfone groups is 1. The zero-order chi connectivity index (χ0) is 20.7. The van der Waals surface area contributed by atoms with Crippen molar-refractivity contribution in [2.24, 2.45) is 0 Å². The van der Waals surface area contributed by atoms with Gasteiger partial charge in [-0.25, -0.2) is 13.1 Å². The highest BCUT2D eigenvalue weighted by atomic mass is 32.2. The van der Waals surface area contributed by atoms with Crippen molar-refractivity contribution in [2.75, 3.05) is 6.26 Å². The Kier molecular flexibility index (Phi) is 4.71. The van der Waals surface area contributed by atoms with Crippen molar-refractivity contribution in [2.45, 2.75) is 11.1 Å². The van der Waals surface area contributed by atoms with Crippen LogP contribution in [0.3, 0.4) is 0 Å². The minimum absolute atomic E-state index is 0.0219. The van der Waals surface area contributed by atoms with Crippen LogP contribution < -0.4 is 0 Å². The molecule has 0 aliphatic rings. The molecule has 146 valence electrons. The number of nitro groups is 1. The molecule has 0 saturated carbocycles. The summed E-state index contributed by atoms with van der Waals surface area (Å²) in [5.74, 6) is 0. The minimum Gasteiger partial charge on any atom is -0.258 e. The lowest BCUT2D eigenvalue weighted by molar-refractivity contribution is -0.384. The zero-order valence-corrected chi connectivity index (χ0v) is 15.0. The standard InChI is InChI=1S/C17H12F3N3O4S/c1-28(26,27)14-8-2-11(3-9-14)15-10-16(17(18,19)20)21-22(15)12-4-6-13(7-5-12)23(24)25/h2-10H,1H3. The Bertz CT molecular complexity index is 1140. The number of alkyl halides is 3. The van der Waals surface area contributed by atoms with Crippen LogP contribution in [-0.2, 0) is 16.0 Å². The van der Waals surface area contributed by atoms with Crippen LogP contribution >= 0.6 is 0 Å². The van der Waals surface area contributed by atoms with E-state index in [4.69, 9.17) is 0 Å². The summed E-state index contributed by atoms with van der Waals surface area (Å²) in [7, 11) is -3.46. The molecule has 0 N–H and O–H groups in total. The molecule has 1 aromatic heterocycles. The second-order valence-corrected chi connectivity index (χ2v) is 7.91. The highest BCUT2D eigenvalue weighted by Crippen LogP contribution is 2.33.